The second-order valence-electron chi connectivity index (χ2n) is 7.78. The van der Waals surface area contributed by atoms with Crippen molar-refractivity contribution in [3.05, 3.63) is 89.7 Å². The molecule has 160 valence electrons. The van der Waals surface area contributed by atoms with Crippen molar-refractivity contribution >= 4 is 11.7 Å². The van der Waals surface area contributed by atoms with Crippen molar-refractivity contribution in [1.82, 2.24) is 0 Å². The number of nitrogens with zero attached hydrogens (tertiary/aromatic N) is 1. The second kappa shape index (κ2) is 9.65. The van der Waals surface area contributed by atoms with Gasteiger partial charge in [0.25, 0.3) is 0 Å². The largest absolute Gasteiger partial charge is 0.469 e. The van der Waals surface area contributed by atoms with Gasteiger partial charge in [-0.2, -0.15) is 0 Å². The molecule has 4 nitrogen and oxygen atoms in total. The lowest BCUT2D eigenvalue weighted by Crippen LogP contribution is -2.31. The molecule has 31 heavy (non-hydrogen) atoms. The zero-order valence-corrected chi connectivity index (χ0v) is 17.6. The van der Waals surface area contributed by atoms with Crippen molar-refractivity contribution < 1.29 is 18.7 Å². The zero-order chi connectivity index (χ0) is 21.6. The predicted octanol–water partition coefficient (Wildman–Crippen LogP) is 5.74. The maximum Gasteiger partial charge on any atom is 0.307 e. The fourth-order valence-corrected chi connectivity index (χ4v) is 4.09. The summed E-state index contributed by atoms with van der Waals surface area (Å²) in [4.78, 5) is 13.9. The Labute approximate surface area is 182 Å². The molecule has 1 unspecified atom stereocenters. The van der Waals surface area contributed by atoms with Crippen LogP contribution in [0.25, 0.3) is 0 Å². The predicted molar refractivity (Wildman–Crippen MR) is 119 cm³/mol. The molecule has 1 aliphatic rings. The maximum atomic E-state index is 13.9. The van der Waals surface area contributed by atoms with Crippen LogP contribution in [0.2, 0.25) is 0 Å². The number of carbonyl (C=O) groups excluding carboxylic acids is 1. The molecule has 0 radical (unpaired) electrons. The van der Waals surface area contributed by atoms with Gasteiger partial charge >= 0.3 is 5.97 Å². The number of hydrogen-bond acceptors (Lipinski definition) is 4. The highest BCUT2D eigenvalue weighted by Gasteiger charge is 2.27. The van der Waals surface area contributed by atoms with Crippen LogP contribution in [-0.4, -0.2) is 25.7 Å². The van der Waals surface area contributed by atoms with Gasteiger partial charge in [0.2, 0.25) is 0 Å². The van der Waals surface area contributed by atoms with Gasteiger partial charge in [-0.3, -0.25) is 4.79 Å². The van der Waals surface area contributed by atoms with Crippen molar-refractivity contribution in [2.45, 2.75) is 31.7 Å². The second-order valence-corrected chi connectivity index (χ2v) is 7.78. The molecule has 0 aliphatic carbocycles. The molecule has 3 aromatic carbocycles. The third-order valence-corrected chi connectivity index (χ3v) is 5.66. The van der Waals surface area contributed by atoms with Crippen molar-refractivity contribution in [2.75, 3.05) is 18.6 Å². The van der Waals surface area contributed by atoms with E-state index < -0.39 is 0 Å². The molecular formula is C26H26FNO3. The summed E-state index contributed by atoms with van der Waals surface area (Å²) in [6, 6.07) is 22.6. The van der Waals surface area contributed by atoms with Crippen molar-refractivity contribution in [3.63, 3.8) is 0 Å². The van der Waals surface area contributed by atoms with Gasteiger partial charge in [-0.25, -0.2) is 4.39 Å². The highest BCUT2D eigenvalue weighted by Crippen LogP contribution is 2.30. The Morgan fingerprint density at radius 2 is 1.84 bits per heavy atom. The van der Waals surface area contributed by atoms with Gasteiger partial charge in [0.1, 0.15) is 17.3 Å². The minimum Gasteiger partial charge on any atom is -0.469 e. The van der Waals surface area contributed by atoms with Gasteiger partial charge in [-0.1, -0.05) is 30.3 Å². The van der Waals surface area contributed by atoms with Gasteiger partial charge in [-0.05, 0) is 66.4 Å². The Kier molecular flexibility index (Phi) is 6.51. The molecule has 1 saturated heterocycles. The van der Waals surface area contributed by atoms with Gasteiger partial charge in [0, 0.05) is 24.7 Å². The van der Waals surface area contributed by atoms with Gasteiger partial charge < -0.3 is 14.4 Å². The van der Waals surface area contributed by atoms with E-state index >= 15 is 0 Å². The fraction of sp³-hybridized carbons (Fsp3) is 0.269. The third kappa shape index (κ3) is 5.23. The number of anilines is 1. The maximum absolute atomic E-state index is 13.9. The van der Waals surface area contributed by atoms with E-state index in [9.17, 15) is 9.18 Å². The molecule has 0 saturated carbocycles. The Bertz CT molecular complexity index is 1030. The number of ether oxygens (including phenoxy) is 2. The molecule has 1 heterocycles. The van der Waals surface area contributed by atoms with Gasteiger partial charge in [0.15, 0.2) is 0 Å². The lowest BCUT2D eigenvalue weighted by molar-refractivity contribution is -0.140. The summed E-state index contributed by atoms with van der Waals surface area (Å²) < 4.78 is 24.8. The van der Waals surface area contributed by atoms with E-state index in [1.807, 2.05) is 54.6 Å². The zero-order valence-electron chi connectivity index (χ0n) is 17.6. The molecule has 0 spiro atoms. The first kappa shape index (κ1) is 20.9. The Morgan fingerprint density at radius 1 is 1.03 bits per heavy atom. The van der Waals surface area contributed by atoms with E-state index in [2.05, 4.69) is 4.90 Å². The standard InChI is InChI=1S/C26H26FNO3/c1-30-26(29)18-22-8-5-15-28(22)21-11-13-23(14-12-21)31-24-9-4-6-19(17-24)16-20-7-2-3-10-25(20)27/h2-4,6-7,9-14,17,22H,5,8,15-16,18H2,1H3. The highest BCUT2D eigenvalue weighted by molar-refractivity contribution is 5.71. The number of esters is 1. The minimum atomic E-state index is -0.197. The molecule has 1 atom stereocenters. The van der Waals surface area contributed by atoms with Crippen LogP contribution < -0.4 is 9.64 Å². The first-order valence-corrected chi connectivity index (χ1v) is 10.6. The molecule has 0 N–H and O–H groups in total. The quantitative estimate of drug-likeness (QED) is 0.458. The number of methoxy groups -OCH3 is 1. The van der Waals surface area contributed by atoms with E-state index in [0.29, 0.717) is 24.2 Å². The lowest BCUT2D eigenvalue weighted by atomic mass is 10.0. The number of hydrogen-bond donors (Lipinski definition) is 0. The van der Waals surface area contributed by atoms with Crippen LogP contribution in [0.5, 0.6) is 11.5 Å². The molecule has 0 bridgehead atoms. The van der Waals surface area contributed by atoms with Crippen LogP contribution in [-0.2, 0) is 16.0 Å². The first-order valence-electron chi connectivity index (χ1n) is 10.6. The summed E-state index contributed by atoms with van der Waals surface area (Å²) in [6.45, 7) is 0.931. The summed E-state index contributed by atoms with van der Waals surface area (Å²) >= 11 is 0. The molecule has 5 heteroatoms. The molecule has 1 fully saturated rings. The van der Waals surface area contributed by atoms with Crippen LogP contribution in [0.1, 0.15) is 30.4 Å². The Hall–Kier alpha value is -3.34. The molecule has 4 rings (SSSR count). The highest BCUT2D eigenvalue weighted by atomic mass is 19.1. The van der Waals surface area contributed by atoms with Crippen LogP contribution in [0.4, 0.5) is 10.1 Å². The van der Waals surface area contributed by atoms with E-state index in [1.165, 1.54) is 13.2 Å². The van der Waals surface area contributed by atoms with E-state index in [0.717, 1.165) is 36.4 Å². The molecule has 0 amide bonds. The summed E-state index contributed by atoms with van der Waals surface area (Å²) in [7, 11) is 1.43. The smallest absolute Gasteiger partial charge is 0.307 e. The van der Waals surface area contributed by atoms with Crippen LogP contribution in [0.3, 0.4) is 0 Å². The summed E-state index contributed by atoms with van der Waals surface area (Å²) in [5, 5.41) is 0. The SMILES string of the molecule is COC(=O)CC1CCCN1c1ccc(Oc2cccc(Cc3ccccc3F)c2)cc1. The number of halogens is 1. The molecular weight excluding hydrogens is 393 g/mol. The summed E-state index contributed by atoms with van der Waals surface area (Å²) in [5.74, 6) is 1.07. The Balaban J connectivity index is 1.42. The summed E-state index contributed by atoms with van der Waals surface area (Å²) in [6.07, 6.45) is 2.97. The number of benzene rings is 3. The van der Waals surface area contributed by atoms with Gasteiger partial charge in [0.05, 0.1) is 13.5 Å². The van der Waals surface area contributed by atoms with Crippen LogP contribution in [0, 0.1) is 5.82 Å². The molecule has 3 aromatic rings. The van der Waals surface area contributed by atoms with E-state index in [4.69, 9.17) is 9.47 Å². The van der Waals surface area contributed by atoms with Crippen LogP contribution in [0.15, 0.2) is 72.8 Å². The molecule has 1 aliphatic heterocycles. The third-order valence-electron chi connectivity index (χ3n) is 5.66. The monoisotopic (exact) mass is 419 g/mol. The normalized spacial score (nSPS) is 15.7. The fourth-order valence-electron chi connectivity index (χ4n) is 4.09. The van der Waals surface area contributed by atoms with E-state index in [-0.39, 0.29) is 17.8 Å². The first-order chi connectivity index (χ1) is 15.1. The number of carbonyl (C=O) groups is 1. The van der Waals surface area contributed by atoms with Crippen molar-refractivity contribution in [3.8, 4) is 11.5 Å². The average Bonchev–Trinajstić information content (AvgIpc) is 3.24. The topological polar surface area (TPSA) is 38.8 Å². The Morgan fingerprint density at radius 3 is 2.61 bits per heavy atom. The lowest BCUT2D eigenvalue weighted by Gasteiger charge is -2.26. The summed E-state index contributed by atoms with van der Waals surface area (Å²) in [5.41, 5.74) is 2.73. The van der Waals surface area contributed by atoms with Gasteiger partial charge in [-0.15, -0.1) is 0 Å². The average molecular weight is 419 g/mol. The van der Waals surface area contributed by atoms with Crippen molar-refractivity contribution in [1.29, 1.82) is 0 Å². The minimum absolute atomic E-state index is 0.174. The van der Waals surface area contributed by atoms with Crippen molar-refractivity contribution in [2.24, 2.45) is 0 Å². The van der Waals surface area contributed by atoms with Crippen LogP contribution >= 0.6 is 0 Å². The molecule has 0 aromatic heterocycles. The van der Waals surface area contributed by atoms with E-state index in [1.54, 1.807) is 12.1 Å². The number of rotatable bonds is 7.